The molecule has 1 aliphatic carbocycles. The first kappa shape index (κ1) is 43.1. The first-order chi connectivity index (χ1) is 36.8. The van der Waals surface area contributed by atoms with E-state index in [1.165, 1.54) is 123 Å². The van der Waals surface area contributed by atoms with Gasteiger partial charge in [-0.05, 0) is 143 Å². The van der Waals surface area contributed by atoms with Gasteiger partial charge in [0.25, 0.3) is 6.71 Å². The molecule has 12 aromatic rings. The van der Waals surface area contributed by atoms with Gasteiger partial charge < -0.3 is 19.1 Å². The minimum atomic E-state index is -0.135. The molecule has 4 nitrogen and oxygen atoms in total. The van der Waals surface area contributed by atoms with Crippen LogP contribution < -0.4 is 31.1 Å². The Bertz CT molecular complexity index is 4350. The van der Waals surface area contributed by atoms with Crippen molar-refractivity contribution in [3.63, 3.8) is 0 Å². The number of benzene rings is 10. The summed E-state index contributed by atoms with van der Waals surface area (Å²) in [6, 6.07) is 79.8. The highest BCUT2D eigenvalue weighted by atomic mass is 32.1. The van der Waals surface area contributed by atoms with Crippen molar-refractivity contribution in [1.29, 1.82) is 0 Å². The molecule has 2 unspecified atom stereocenters. The molecule has 10 aromatic carbocycles. The summed E-state index contributed by atoms with van der Waals surface area (Å²) in [7, 11) is 0. The SMILES string of the molecule is Cc1cc2c3c(c1)N(c1cccc4c1sc1ccccc14)c1cc(N4c5ccc(-c6ccccc6)cc5C5(C)CCCCC45C)ccc1B3c1cc(-c3ccccc3)ccc1N2c1cccc2c1oc1ccccc12. The Morgan fingerprint density at radius 1 is 0.467 bits per heavy atom. The van der Waals surface area contributed by atoms with E-state index in [0.29, 0.717) is 0 Å². The van der Waals surface area contributed by atoms with Gasteiger partial charge in [-0.25, -0.2) is 0 Å². The molecule has 0 radical (unpaired) electrons. The summed E-state index contributed by atoms with van der Waals surface area (Å²) in [5, 5.41) is 4.84. The molecule has 0 bridgehead atoms. The fourth-order valence-corrected chi connectivity index (χ4v) is 15.6. The summed E-state index contributed by atoms with van der Waals surface area (Å²) in [6.45, 7) is 7.33. The smallest absolute Gasteiger partial charge is 0.252 e. The average molecular weight is 982 g/mol. The van der Waals surface area contributed by atoms with Crippen LogP contribution in [0.1, 0.15) is 50.7 Å². The van der Waals surface area contributed by atoms with Crippen molar-refractivity contribution < 1.29 is 4.42 Å². The van der Waals surface area contributed by atoms with Crippen LogP contribution in [-0.4, -0.2) is 12.3 Å². The standard InChI is InChI=1S/C69H52BN3OS/c1-43-38-61-65-62(39-43)72(59-27-17-25-52-50-23-11-13-29-64(50)75-67(52)59)60-42-48(73-56-34-30-46(44-18-6-4-7-19-44)40-53(56)68(2)36-14-15-37-69(68,73)3)32-33-54(60)70(65)55-41-47(45-20-8-5-9-21-45)31-35-57(55)71(61)58-26-16-24-51-49-22-10-12-28-63(49)74-66(51)58/h4-13,16-35,38-42H,14-15,36-37H2,1-3H3. The molecule has 2 atom stereocenters. The van der Waals surface area contributed by atoms with E-state index in [4.69, 9.17) is 4.42 Å². The summed E-state index contributed by atoms with van der Waals surface area (Å²) in [4.78, 5) is 7.94. The van der Waals surface area contributed by atoms with E-state index in [9.17, 15) is 0 Å². The fraction of sp³-hybridized carbons (Fsp3) is 0.130. The highest BCUT2D eigenvalue weighted by Gasteiger charge is 2.58. The van der Waals surface area contributed by atoms with Crippen LogP contribution in [-0.2, 0) is 5.41 Å². The monoisotopic (exact) mass is 981 g/mol. The molecule has 5 heterocycles. The maximum atomic E-state index is 6.92. The zero-order chi connectivity index (χ0) is 49.7. The van der Waals surface area contributed by atoms with Gasteiger partial charge in [0, 0.05) is 65.8 Å². The number of rotatable bonds is 5. The molecular formula is C69H52BN3OS. The molecule has 3 aliphatic heterocycles. The average Bonchev–Trinajstić information content (AvgIpc) is 4.25. The topological polar surface area (TPSA) is 22.9 Å². The van der Waals surface area contributed by atoms with E-state index in [0.717, 1.165) is 40.5 Å². The lowest BCUT2D eigenvalue weighted by Gasteiger charge is -2.50. The molecule has 0 N–H and O–H groups in total. The lowest BCUT2D eigenvalue weighted by molar-refractivity contribution is 0.195. The molecule has 4 aliphatic rings. The van der Waals surface area contributed by atoms with E-state index in [-0.39, 0.29) is 17.7 Å². The zero-order valence-corrected chi connectivity index (χ0v) is 43.1. The van der Waals surface area contributed by atoms with Crippen molar-refractivity contribution in [3.05, 3.63) is 223 Å². The molecule has 2 aromatic heterocycles. The third-order valence-electron chi connectivity index (χ3n) is 18.0. The van der Waals surface area contributed by atoms with Crippen molar-refractivity contribution >= 4 is 122 Å². The summed E-state index contributed by atoms with van der Waals surface area (Å²) >= 11 is 1.91. The Balaban J connectivity index is 0.987. The van der Waals surface area contributed by atoms with Crippen molar-refractivity contribution in [1.82, 2.24) is 0 Å². The first-order valence-corrected chi connectivity index (χ1v) is 27.6. The Morgan fingerprint density at radius 2 is 1.11 bits per heavy atom. The Hall–Kier alpha value is -8.32. The summed E-state index contributed by atoms with van der Waals surface area (Å²) in [5.41, 5.74) is 22.7. The van der Waals surface area contributed by atoms with Gasteiger partial charge in [-0.15, -0.1) is 11.3 Å². The molecule has 6 heteroatoms. The zero-order valence-electron chi connectivity index (χ0n) is 42.3. The maximum Gasteiger partial charge on any atom is 0.252 e. The van der Waals surface area contributed by atoms with Crippen LogP contribution >= 0.6 is 11.3 Å². The number of furan rings is 1. The van der Waals surface area contributed by atoms with Crippen LogP contribution in [0, 0.1) is 6.92 Å². The molecule has 75 heavy (non-hydrogen) atoms. The van der Waals surface area contributed by atoms with Gasteiger partial charge in [-0.1, -0.05) is 165 Å². The quantitative estimate of drug-likeness (QED) is 0.160. The van der Waals surface area contributed by atoms with Gasteiger partial charge in [-0.3, -0.25) is 0 Å². The van der Waals surface area contributed by atoms with Crippen LogP contribution in [0.15, 0.2) is 217 Å². The van der Waals surface area contributed by atoms with E-state index >= 15 is 0 Å². The molecule has 1 saturated carbocycles. The van der Waals surface area contributed by atoms with Crippen LogP contribution in [0.5, 0.6) is 0 Å². The van der Waals surface area contributed by atoms with Gasteiger partial charge in [0.2, 0.25) is 0 Å². The predicted octanol–water partition coefficient (Wildman–Crippen LogP) is 17.4. The van der Waals surface area contributed by atoms with Crippen LogP contribution in [0.4, 0.5) is 45.5 Å². The maximum absolute atomic E-state index is 6.92. The largest absolute Gasteiger partial charge is 0.454 e. The summed E-state index contributed by atoms with van der Waals surface area (Å²) < 4.78 is 9.52. The van der Waals surface area contributed by atoms with Crippen molar-refractivity contribution in [2.24, 2.45) is 0 Å². The number of aryl methyl sites for hydroxylation is 1. The van der Waals surface area contributed by atoms with Gasteiger partial charge in [0.15, 0.2) is 5.58 Å². The minimum absolute atomic E-state index is 0.0372. The highest BCUT2D eigenvalue weighted by molar-refractivity contribution is 7.26. The second kappa shape index (κ2) is 15.8. The highest BCUT2D eigenvalue weighted by Crippen LogP contribution is 2.62. The van der Waals surface area contributed by atoms with Gasteiger partial charge in [0.05, 0.1) is 21.6 Å². The van der Waals surface area contributed by atoms with E-state index < -0.39 is 0 Å². The molecule has 358 valence electrons. The molecular weight excluding hydrogens is 930 g/mol. The van der Waals surface area contributed by atoms with Gasteiger partial charge in [0.1, 0.15) is 5.58 Å². The number of thiophene rings is 1. The number of hydrogen-bond acceptors (Lipinski definition) is 5. The van der Waals surface area contributed by atoms with E-state index in [1.54, 1.807) is 0 Å². The van der Waals surface area contributed by atoms with Crippen LogP contribution in [0.2, 0.25) is 0 Å². The van der Waals surface area contributed by atoms with Crippen LogP contribution in [0.25, 0.3) is 64.4 Å². The Kier molecular flexibility index (Phi) is 9.11. The first-order valence-electron chi connectivity index (χ1n) is 26.7. The normalized spacial score (nSPS) is 18.4. The predicted molar refractivity (Wildman–Crippen MR) is 319 cm³/mol. The van der Waals surface area contributed by atoms with Gasteiger partial charge in [-0.2, -0.15) is 0 Å². The van der Waals surface area contributed by atoms with Gasteiger partial charge >= 0.3 is 0 Å². The molecule has 0 amide bonds. The van der Waals surface area contributed by atoms with E-state index in [1.807, 2.05) is 11.3 Å². The number of hydrogen-bond donors (Lipinski definition) is 0. The second-order valence-electron chi connectivity index (χ2n) is 22.0. The second-order valence-corrected chi connectivity index (χ2v) is 23.0. The molecule has 1 fully saturated rings. The van der Waals surface area contributed by atoms with Crippen molar-refractivity contribution in [2.45, 2.75) is 57.4 Å². The summed E-state index contributed by atoms with van der Waals surface area (Å²) in [5.74, 6) is 0. The third-order valence-corrected chi connectivity index (χ3v) is 19.2. The number of nitrogens with zero attached hydrogens (tertiary/aromatic N) is 3. The van der Waals surface area contributed by atoms with Crippen LogP contribution in [0.3, 0.4) is 0 Å². The lowest BCUT2D eigenvalue weighted by Crippen LogP contribution is -2.61. The number of fused-ring (bicyclic) bond motifs is 13. The molecule has 16 rings (SSSR count). The van der Waals surface area contributed by atoms with E-state index in [2.05, 4.69) is 248 Å². The Labute approximate surface area is 441 Å². The minimum Gasteiger partial charge on any atom is -0.454 e. The molecule has 0 spiro atoms. The van der Waals surface area contributed by atoms with Crippen molar-refractivity contribution in [3.8, 4) is 22.3 Å². The fourth-order valence-electron chi connectivity index (χ4n) is 14.4. The Morgan fingerprint density at radius 3 is 1.89 bits per heavy atom. The number of anilines is 8. The summed E-state index contributed by atoms with van der Waals surface area (Å²) in [6.07, 6.45) is 4.73. The number of para-hydroxylation sites is 2. The van der Waals surface area contributed by atoms with Crippen molar-refractivity contribution in [2.75, 3.05) is 14.7 Å². The third kappa shape index (κ3) is 6.00. The molecule has 0 saturated heterocycles. The lowest BCUT2D eigenvalue weighted by atomic mass is 9.33.